The molecule has 17 heavy (non-hydrogen) atoms. The molecule has 1 N–H and O–H groups in total. The Balaban J connectivity index is 2.64. The standard InChI is InChI=1S/C13H14N2O2/c1-3-11-12(13(16)17)9(2)14-15(11)10-7-5-4-6-8-10/h4-8H,3H2,1-2H3,(H,16,17). The van der Waals surface area contributed by atoms with Gasteiger partial charge in [0.1, 0.15) is 5.56 Å². The number of aryl methyl sites for hydroxylation is 1. The molecule has 0 fully saturated rings. The predicted molar refractivity (Wildman–Crippen MR) is 64.6 cm³/mol. The molecule has 2 rings (SSSR count). The molecule has 1 aromatic carbocycles. The van der Waals surface area contributed by atoms with Crippen LogP contribution in [-0.4, -0.2) is 20.9 Å². The van der Waals surface area contributed by atoms with Crippen LogP contribution >= 0.6 is 0 Å². The third kappa shape index (κ3) is 1.93. The molecule has 2 aromatic rings. The summed E-state index contributed by atoms with van der Waals surface area (Å²) in [6.07, 6.45) is 0.636. The Hall–Kier alpha value is -2.10. The van der Waals surface area contributed by atoms with Gasteiger partial charge in [-0.3, -0.25) is 0 Å². The van der Waals surface area contributed by atoms with Crippen molar-refractivity contribution >= 4 is 5.97 Å². The molecule has 0 saturated heterocycles. The molecule has 0 amide bonds. The van der Waals surface area contributed by atoms with Crippen LogP contribution in [0.2, 0.25) is 0 Å². The minimum Gasteiger partial charge on any atom is -0.478 e. The van der Waals surface area contributed by atoms with Crippen molar-refractivity contribution in [3.05, 3.63) is 47.3 Å². The number of rotatable bonds is 3. The molecular weight excluding hydrogens is 216 g/mol. The fourth-order valence-electron chi connectivity index (χ4n) is 1.96. The van der Waals surface area contributed by atoms with Crippen molar-refractivity contribution in [3.63, 3.8) is 0 Å². The number of carbonyl (C=O) groups is 1. The van der Waals surface area contributed by atoms with Gasteiger partial charge in [0.05, 0.1) is 17.1 Å². The molecule has 0 radical (unpaired) electrons. The Morgan fingerprint density at radius 2 is 2.00 bits per heavy atom. The summed E-state index contributed by atoms with van der Waals surface area (Å²) in [5.41, 5.74) is 2.50. The van der Waals surface area contributed by atoms with E-state index in [1.807, 2.05) is 37.3 Å². The van der Waals surface area contributed by atoms with Crippen LogP contribution in [0, 0.1) is 6.92 Å². The highest BCUT2D eigenvalue weighted by atomic mass is 16.4. The van der Waals surface area contributed by atoms with Crippen LogP contribution in [0.4, 0.5) is 0 Å². The molecule has 1 aromatic heterocycles. The number of carboxylic acids is 1. The van der Waals surface area contributed by atoms with Crippen LogP contribution in [0.3, 0.4) is 0 Å². The van der Waals surface area contributed by atoms with E-state index in [0.717, 1.165) is 11.4 Å². The number of benzene rings is 1. The molecule has 4 nitrogen and oxygen atoms in total. The molecule has 0 unspecified atom stereocenters. The van der Waals surface area contributed by atoms with Crippen LogP contribution in [0.25, 0.3) is 5.69 Å². The number of hydrogen-bond donors (Lipinski definition) is 1. The van der Waals surface area contributed by atoms with Gasteiger partial charge in [-0.25, -0.2) is 9.48 Å². The van der Waals surface area contributed by atoms with Crippen molar-refractivity contribution in [1.29, 1.82) is 0 Å². The maximum Gasteiger partial charge on any atom is 0.339 e. The van der Waals surface area contributed by atoms with Crippen molar-refractivity contribution in [2.45, 2.75) is 20.3 Å². The van der Waals surface area contributed by atoms with Crippen LogP contribution in [0.5, 0.6) is 0 Å². The lowest BCUT2D eigenvalue weighted by Gasteiger charge is -2.05. The Labute approximate surface area is 99.5 Å². The minimum absolute atomic E-state index is 0.316. The normalized spacial score (nSPS) is 10.5. The summed E-state index contributed by atoms with van der Waals surface area (Å²) < 4.78 is 1.71. The summed E-state index contributed by atoms with van der Waals surface area (Å²) in [6, 6.07) is 9.57. The van der Waals surface area contributed by atoms with Crippen molar-refractivity contribution in [2.24, 2.45) is 0 Å². The van der Waals surface area contributed by atoms with Crippen LogP contribution in [-0.2, 0) is 6.42 Å². The highest BCUT2D eigenvalue weighted by Crippen LogP contribution is 2.19. The zero-order chi connectivity index (χ0) is 12.4. The maximum absolute atomic E-state index is 11.2. The van der Waals surface area contributed by atoms with Gasteiger partial charge in [-0.2, -0.15) is 5.10 Å². The SMILES string of the molecule is CCc1c(C(=O)O)c(C)nn1-c1ccccc1. The first-order valence-corrected chi connectivity index (χ1v) is 5.52. The van der Waals surface area contributed by atoms with E-state index < -0.39 is 5.97 Å². The van der Waals surface area contributed by atoms with Gasteiger partial charge in [0.2, 0.25) is 0 Å². The zero-order valence-corrected chi connectivity index (χ0v) is 9.84. The molecule has 0 aliphatic carbocycles. The van der Waals surface area contributed by atoms with Gasteiger partial charge in [0.15, 0.2) is 0 Å². The van der Waals surface area contributed by atoms with E-state index in [1.54, 1.807) is 11.6 Å². The van der Waals surface area contributed by atoms with Crippen LogP contribution < -0.4 is 0 Å². The van der Waals surface area contributed by atoms with Crippen molar-refractivity contribution in [2.75, 3.05) is 0 Å². The molecule has 0 saturated carbocycles. The molecule has 4 heteroatoms. The van der Waals surface area contributed by atoms with Gasteiger partial charge in [-0.1, -0.05) is 25.1 Å². The number of aromatic nitrogens is 2. The molecule has 0 aliphatic heterocycles. The van der Waals surface area contributed by atoms with Crippen molar-refractivity contribution in [1.82, 2.24) is 9.78 Å². The van der Waals surface area contributed by atoms with Gasteiger partial charge < -0.3 is 5.11 Å². The Bertz CT molecular complexity index is 544. The predicted octanol–water partition coefficient (Wildman–Crippen LogP) is 2.44. The Morgan fingerprint density at radius 1 is 1.35 bits per heavy atom. The topological polar surface area (TPSA) is 55.1 Å². The first kappa shape index (κ1) is 11.4. The Kier molecular flexibility index (Phi) is 2.95. The summed E-state index contributed by atoms with van der Waals surface area (Å²) >= 11 is 0. The summed E-state index contributed by atoms with van der Waals surface area (Å²) in [7, 11) is 0. The molecule has 0 spiro atoms. The quantitative estimate of drug-likeness (QED) is 0.881. The number of aromatic carboxylic acids is 1. The summed E-state index contributed by atoms with van der Waals surface area (Å²) in [4.78, 5) is 11.2. The van der Waals surface area contributed by atoms with Crippen molar-refractivity contribution < 1.29 is 9.90 Å². The van der Waals surface area contributed by atoms with E-state index in [-0.39, 0.29) is 0 Å². The lowest BCUT2D eigenvalue weighted by atomic mass is 10.1. The highest BCUT2D eigenvalue weighted by molar-refractivity contribution is 5.90. The van der Waals surface area contributed by atoms with E-state index in [4.69, 9.17) is 0 Å². The fraction of sp³-hybridized carbons (Fsp3) is 0.231. The molecular formula is C13H14N2O2. The van der Waals surface area contributed by atoms with Gasteiger partial charge in [-0.05, 0) is 25.5 Å². The maximum atomic E-state index is 11.2. The third-order valence-corrected chi connectivity index (χ3v) is 2.71. The van der Waals surface area contributed by atoms with Gasteiger partial charge in [-0.15, -0.1) is 0 Å². The van der Waals surface area contributed by atoms with Gasteiger partial charge in [0.25, 0.3) is 0 Å². The number of carboxylic acid groups (broad SMARTS) is 1. The van der Waals surface area contributed by atoms with E-state index >= 15 is 0 Å². The lowest BCUT2D eigenvalue weighted by molar-refractivity contribution is 0.0695. The number of para-hydroxylation sites is 1. The second-order valence-electron chi connectivity index (χ2n) is 3.81. The average Bonchev–Trinajstić information content (AvgIpc) is 2.67. The Morgan fingerprint density at radius 3 is 2.53 bits per heavy atom. The number of hydrogen-bond acceptors (Lipinski definition) is 2. The minimum atomic E-state index is -0.915. The zero-order valence-electron chi connectivity index (χ0n) is 9.84. The van der Waals surface area contributed by atoms with E-state index in [2.05, 4.69) is 5.10 Å². The molecule has 88 valence electrons. The van der Waals surface area contributed by atoms with Crippen LogP contribution in [0.1, 0.15) is 28.7 Å². The van der Waals surface area contributed by atoms with Crippen molar-refractivity contribution in [3.8, 4) is 5.69 Å². The first-order valence-electron chi connectivity index (χ1n) is 5.52. The molecule has 0 aliphatic rings. The molecule has 0 bridgehead atoms. The smallest absolute Gasteiger partial charge is 0.339 e. The fourth-order valence-corrected chi connectivity index (χ4v) is 1.96. The second kappa shape index (κ2) is 4.41. The van der Waals surface area contributed by atoms with Gasteiger partial charge in [0, 0.05) is 0 Å². The van der Waals surface area contributed by atoms with Crippen LogP contribution in [0.15, 0.2) is 30.3 Å². The summed E-state index contributed by atoms with van der Waals surface area (Å²) in [5.74, 6) is -0.915. The lowest BCUT2D eigenvalue weighted by Crippen LogP contribution is -2.05. The van der Waals surface area contributed by atoms with Gasteiger partial charge >= 0.3 is 5.97 Å². The first-order chi connectivity index (χ1) is 8.15. The summed E-state index contributed by atoms with van der Waals surface area (Å²) in [6.45, 7) is 3.66. The summed E-state index contributed by atoms with van der Waals surface area (Å²) in [5, 5.41) is 13.5. The van der Waals surface area contributed by atoms with E-state index in [9.17, 15) is 9.90 Å². The molecule has 0 atom stereocenters. The average molecular weight is 230 g/mol. The second-order valence-corrected chi connectivity index (χ2v) is 3.81. The van der Waals surface area contributed by atoms with E-state index in [0.29, 0.717) is 17.7 Å². The van der Waals surface area contributed by atoms with E-state index in [1.165, 1.54) is 0 Å². The third-order valence-electron chi connectivity index (χ3n) is 2.71. The molecule has 1 heterocycles. The highest BCUT2D eigenvalue weighted by Gasteiger charge is 2.19. The monoisotopic (exact) mass is 230 g/mol. The largest absolute Gasteiger partial charge is 0.478 e. The number of nitrogens with zero attached hydrogens (tertiary/aromatic N) is 2.